The van der Waals surface area contributed by atoms with Crippen molar-refractivity contribution in [2.24, 2.45) is 5.10 Å². The first-order valence-corrected chi connectivity index (χ1v) is 8.12. The molecule has 2 aromatic rings. The molecule has 128 valence electrons. The Morgan fingerprint density at radius 2 is 2.12 bits per heavy atom. The molecule has 0 radical (unpaired) electrons. The highest BCUT2D eigenvalue weighted by molar-refractivity contribution is 9.10. The molecule has 1 amide bonds. The summed E-state index contributed by atoms with van der Waals surface area (Å²) in [6, 6.07) is 12.9. The molecule has 0 spiro atoms. The molecule has 6 nitrogen and oxygen atoms in total. The van der Waals surface area contributed by atoms with Gasteiger partial charge >= 0.3 is 0 Å². The van der Waals surface area contributed by atoms with E-state index in [1.165, 1.54) is 20.2 Å². The van der Waals surface area contributed by atoms with Crippen LogP contribution in [0.4, 0.5) is 0 Å². The van der Waals surface area contributed by atoms with Crippen molar-refractivity contribution in [2.45, 2.75) is 13.5 Å². The Bertz CT molecular complexity index is 844. The molecule has 0 fully saturated rings. The number of nitrogens with zero attached hydrogens (tertiary/aromatic N) is 2. The molecule has 0 aliphatic rings. The normalized spacial score (nSPS) is 10.3. The molecule has 0 saturated carbocycles. The predicted molar refractivity (Wildman–Crippen MR) is 97.6 cm³/mol. The van der Waals surface area contributed by atoms with Crippen LogP contribution in [0, 0.1) is 11.3 Å². The molecule has 25 heavy (non-hydrogen) atoms. The third-order valence-electron chi connectivity index (χ3n) is 3.23. The van der Waals surface area contributed by atoms with Crippen molar-refractivity contribution in [1.29, 1.82) is 5.26 Å². The van der Waals surface area contributed by atoms with Crippen molar-refractivity contribution >= 4 is 28.1 Å². The average Bonchev–Trinajstić information content (AvgIpc) is 2.61. The molecule has 7 heteroatoms. The minimum Gasteiger partial charge on any atom is -0.493 e. The summed E-state index contributed by atoms with van der Waals surface area (Å²) in [6.45, 7) is 1.62. The zero-order chi connectivity index (χ0) is 18.2. The second-order valence-corrected chi connectivity index (χ2v) is 5.86. The first kappa shape index (κ1) is 18.5. The van der Waals surface area contributed by atoms with Gasteiger partial charge in [-0.15, -0.1) is 0 Å². The fourth-order valence-corrected chi connectivity index (χ4v) is 2.45. The molecule has 2 rings (SSSR count). The number of methoxy groups -OCH3 is 1. The van der Waals surface area contributed by atoms with Crippen LogP contribution in [0.5, 0.6) is 11.5 Å². The fourth-order valence-electron chi connectivity index (χ4n) is 2.03. The molecular formula is C18H16BrN3O3. The molecule has 0 aliphatic carbocycles. The number of nitriles is 1. The van der Waals surface area contributed by atoms with E-state index in [4.69, 9.17) is 14.7 Å². The summed E-state index contributed by atoms with van der Waals surface area (Å²) in [7, 11) is 1.54. The molecule has 0 unspecified atom stereocenters. The first-order valence-electron chi connectivity index (χ1n) is 7.33. The Balaban J connectivity index is 2.21. The molecule has 0 atom stereocenters. The Kier molecular flexibility index (Phi) is 6.54. The number of hydrogen-bond donors (Lipinski definition) is 1. The average molecular weight is 402 g/mol. The van der Waals surface area contributed by atoms with Gasteiger partial charge in [-0.3, -0.25) is 4.79 Å². The monoisotopic (exact) mass is 401 g/mol. The highest BCUT2D eigenvalue weighted by Crippen LogP contribution is 2.33. The molecule has 0 heterocycles. The van der Waals surface area contributed by atoms with Gasteiger partial charge in [0, 0.05) is 22.5 Å². The van der Waals surface area contributed by atoms with Crippen LogP contribution in [0.15, 0.2) is 46.0 Å². The van der Waals surface area contributed by atoms with Crippen LogP contribution >= 0.6 is 15.9 Å². The molecule has 1 N–H and O–H groups in total. The highest BCUT2D eigenvalue weighted by Gasteiger charge is 2.11. The Morgan fingerprint density at radius 3 is 2.80 bits per heavy atom. The number of halogens is 1. The van der Waals surface area contributed by atoms with Crippen LogP contribution in [0.25, 0.3) is 0 Å². The van der Waals surface area contributed by atoms with E-state index in [-0.39, 0.29) is 12.5 Å². The number of benzene rings is 2. The topological polar surface area (TPSA) is 83.7 Å². The summed E-state index contributed by atoms with van der Waals surface area (Å²) < 4.78 is 11.9. The summed E-state index contributed by atoms with van der Waals surface area (Å²) in [4.78, 5) is 10.9. The second kappa shape index (κ2) is 8.85. The smallest absolute Gasteiger partial charge is 0.236 e. The highest BCUT2D eigenvalue weighted by atomic mass is 79.9. The summed E-state index contributed by atoms with van der Waals surface area (Å²) in [5, 5.41) is 13.0. The maximum Gasteiger partial charge on any atom is 0.236 e. The lowest BCUT2D eigenvalue weighted by atomic mass is 10.1. The zero-order valence-electron chi connectivity index (χ0n) is 13.7. The van der Waals surface area contributed by atoms with Crippen LogP contribution in [-0.2, 0) is 11.4 Å². The van der Waals surface area contributed by atoms with Crippen molar-refractivity contribution in [3.8, 4) is 17.6 Å². The molecule has 2 aromatic carbocycles. The van der Waals surface area contributed by atoms with E-state index >= 15 is 0 Å². The van der Waals surface area contributed by atoms with Crippen molar-refractivity contribution in [3.63, 3.8) is 0 Å². The third kappa shape index (κ3) is 5.06. The van der Waals surface area contributed by atoms with Crippen LogP contribution in [0.1, 0.15) is 23.6 Å². The minimum absolute atomic E-state index is 0.242. The van der Waals surface area contributed by atoms with Crippen LogP contribution in [0.2, 0.25) is 0 Å². The van der Waals surface area contributed by atoms with E-state index in [0.29, 0.717) is 17.1 Å². The van der Waals surface area contributed by atoms with Gasteiger partial charge in [0.15, 0.2) is 11.5 Å². The summed E-state index contributed by atoms with van der Waals surface area (Å²) in [5.74, 6) is 0.788. The number of ether oxygens (including phenoxy) is 2. The van der Waals surface area contributed by atoms with Gasteiger partial charge in [0.25, 0.3) is 0 Å². The Hall–Kier alpha value is -2.85. The maximum atomic E-state index is 10.9. The van der Waals surface area contributed by atoms with Crippen molar-refractivity contribution in [1.82, 2.24) is 5.43 Å². The second-order valence-electron chi connectivity index (χ2n) is 5.01. The fraction of sp³-hybridized carbons (Fsp3) is 0.167. The van der Waals surface area contributed by atoms with Gasteiger partial charge < -0.3 is 9.47 Å². The number of hydrazone groups is 1. The molecular weight excluding hydrogens is 386 g/mol. The zero-order valence-corrected chi connectivity index (χ0v) is 15.3. The van der Waals surface area contributed by atoms with Crippen molar-refractivity contribution in [2.75, 3.05) is 7.11 Å². The number of carbonyl (C=O) groups is 1. The van der Waals surface area contributed by atoms with Gasteiger partial charge in [-0.2, -0.15) is 10.4 Å². The predicted octanol–water partition coefficient (Wildman–Crippen LogP) is 3.38. The number of amides is 1. The van der Waals surface area contributed by atoms with Gasteiger partial charge in [0.05, 0.1) is 25.0 Å². The number of hydrogen-bond acceptors (Lipinski definition) is 5. The van der Waals surface area contributed by atoms with E-state index in [1.807, 2.05) is 18.2 Å². The van der Waals surface area contributed by atoms with E-state index in [9.17, 15) is 4.79 Å². The summed E-state index contributed by atoms with van der Waals surface area (Å²) in [6.07, 6.45) is 1.50. The van der Waals surface area contributed by atoms with E-state index < -0.39 is 0 Å². The van der Waals surface area contributed by atoms with Crippen LogP contribution < -0.4 is 14.9 Å². The number of nitrogens with one attached hydrogen (secondary N) is 1. The largest absolute Gasteiger partial charge is 0.493 e. The molecule has 0 bridgehead atoms. The van der Waals surface area contributed by atoms with Crippen LogP contribution in [0.3, 0.4) is 0 Å². The van der Waals surface area contributed by atoms with E-state index in [1.54, 1.807) is 18.2 Å². The van der Waals surface area contributed by atoms with E-state index in [0.717, 1.165) is 15.6 Å². The van der Waals surface area contributed by atoms with Gasteiger partial charge in [0.2, 0.25) is 5.91 Å². The van der Waals surface area contributed by atoms with Crippen LogP contribution in [-0.4, -0.2) is 19.2 Å². The lowest BCUT2D eigenvalue weighted by Gasteiger charge is -2.13. The quantitative estimate of drug-likeness (QED) is 0.593. The lowest BCUT2D eigenvalue weighted by Crippen LogP contribution is -2.12. The SMILES string of the molecule is COc1cc(C=NNC(C)=O)c(Br)cc1OCc1ccccc1C#N. The van der Waals surface area contributed by atoms with Crippen molar-refractivity contribution in [3.05, 3.63) is 57.6 Å². The third-order valence-corrected chi connectivity index (χ3v) is 3.92. The van der Waals surface area contributed by atoms with Gasteiger partial charge in [-0.25, -0.2) is 5.43 Å². The first-order chi connectivity index (χ1) is 12.0. The standard InChI is InChI=1S/C18H16BrN3O3/c1-12(23)22-21-10-15-7-17(24-2)18(8-16(15)19)25-11-14-6-4-3-5-13(14)9-20/h3-8,10H,11H2,1-2H3,(H,22,23). The minimum atomic E-state index is -0.254. The lowest BCUT2D eigenvalue weighted by molar-refractivity contribution is -0.118. The Labute approximate surface area is 154 Å². The molecule has 0 saturated heterocycles. The Morgan fingerprint density at radius 1 is 1.36 bits per heavy atom. The van der Waals surface area contributed by atoms with E-state index in [2.05, 4.69) is 32.5 Å². The van der Waals surface area contributed by atoms with Gasteiger partial charge in [-0.05, 0) is 34.1 Å². The molecule has 0 aliphatic heterocycles. The van der Waals surface area contributed by atoms with Gasteiger partial charge in [-0.1, -0.05) is 18.2 Å². The maximum absolute atomic E-state index is 10.9. The number of rotatable bonds is 6. The number of carbonyl (C=O) groups excluding carboxylic acids is 1. The van der Waals surface area contributed by atoms with Gasteiger partial charge in [0.1, 0.15) is 6.61 Å². The van der Waals surface area contributed by atoms with Crippen molar-refractivity contribution < 1.29 is 14.3 Å². The summed E-state index contributed by atoms with van der Waals surface area (Å²) in [5.41, 5.74) is 4.42. The molecule has 0 aromatic heterocycles. The summed E-state index contributed by atoms with van der Waals surface area (Å²) >= 11 is 3.44.